The van der Waals surface area contributed by atoms with Crippen molar-refractivity contribution in [2.75, 3.05) is 11.4 Å². The van der Waals surface area contributed by atoms with Crippen LogP contribution in [0.2, 0.25) is 0 Å². The van der Waals surface area contributed by atoms with Crippen molar-refractivity contribution >= 4 is 17.4 Å². The summed E-state index contributed by atoms with van der Waals surface area (Å²) >= 11 is 0. The molecular weight excluding hydrogens is 266 g/mol. The van der Waals surface area contributed by atoms with E-state index < -0.39 is 0 Å². The topological polar surface area (TPSA) is 46.6 Å². The Balaban J connectivity index is 1.81. The number of benzene rings is 2. The Morgan fingerprint density at radius 3 is 2.67 bits per heavy atom. The molecule has 1 heterocycles. The van der Waals surface area contributed by atoms with E-state index in [2.05, 4.69) is 0 Å². The predicted octanol–water partition coefficient (Wildman–Crippen LogP) is 2.81. The number of ketones is 1. The van der Waals surface area contributed by atoms with Gasteiger partial charge in [-0.1, -0.05) is 30.3 Å². The predicted molar refractivity (Wildman–Crippen MR) is 79.6 cm³/mol. The molecule has 0 saturated heterocycles. The fourth-order valence-corrected chi connectivity index (χ4v) is 2.40. The Bertz CT molecular complexity index is 694. The van der Waals surface area contributed by atoms with E-state index in [1.807, 2.05) is 30.3 Å². The van der Waals surface area contributed by atoms with Crippen molar-refractivity contribution in [2.24, 2.45) is 0 Å². The molecule has 2 aromatic rings. The number of anilines is 1. The summed E-state index contributed by atoms with van der Waals surface area (Å²) < 4.78 is 5.73. The summed E-state index contributed by atoms with van der Waals surface area (Å²) in [6.45, 7) is 2.03. The van der Waals surface area contributed by atoms with Gasteiger partial charge in [0.05, 0.1) is 12.2 Å². The first kappa shape index (κ1) is 13.4. The highest BCUT2D eigenvalue weighted by atomic mass is 16.5. The van der Waals surface area contributed by atoms with Crippen molar-refractivity contribution in [3.63, 3.8) is 0 Å². The molecule has 0 aliphatic carbocycles. The van der Waals surface area contributed by atoms with Gasteiger partial charge >= 0.3 is 0 Å². The summed E-state index contributed by atoms with van der Waals surface area (Å²) in [7, 11) is 0. The summed E-state index contributed by atoms with van der Waals surface area (Å²) in [5, 5.41) is 0. The van der Waals surface area contributed by atoms with E-state index in [0.717, 1.165) is 5.56 Å². The number of Topliss-reactive ketones (excluding diaryl/α,β-unsaturated/α-hetero) is 1. The third kappa shape index (κ3) is 2.65. The fourth-order valence-electron chi connectivity index (χ4n) is 2.40. The lowest BCUT2D eigenvalue weighted by atomic mass is 10.1. The molecule has 0 unspecified atom stereocenters. The van der Waals surface area contributed by atoms with Crippen molar-refractivity contribution < 1.29 is 14.3 Å². The minimum atomic E-state index is -0.137. The molecule has 0 N–H and O–H groups in total. The van der Waals surface area contributed by atoms with Gasteiger partial charge in [0.1, 0.15) is 12.4 Å². The number of carbonyl (C=O) groups excluding carboxylic acids is 2. The Morgan fingerprint density at radius 1 is 1.19 bits per heavy atom. The van der Waals surface area contributed by atoms with Crippen molar-refractivity contribution in [1.29, 1.82) is 0 Å². The molecular formula is C17H15NO3. The van der Waals surface area contributed by atoms with Crippen LogP contribution in [0, 0.1) is 0 Å². The zero-order valence-electron chi connectivity index (χ0n) is 11.7. The molecule has 0 aromatic heterocycles. The molecule has 21 heavy (non-hydrogen) atoms. The highest BCUT2D eigenvalue weighted by Gasteiger charge is 2.29. The number of carbonyl (C=O) groups is 2. The Kier molecular flexibility index (Phi) is 3.44. The molecule has 0 radical (unpaired) electrons. The molecule has 4 nitrogen and oxygen atoms in total. The van der Waals surface area contributed by atoms with Crippen LogP contribution in [-0.2, 0) is 11.4 Å². The lowest BCUT2D eigenvalue weighted by Crippen LogP contribution is -2.27. The van der Waals surface area contributed by atoms with Gasteiger partial charge in [-0.15, -0.1) is 0 Å². The fraction of sp³-hybridized carbons (Fsp3) is 0.176. The second-order valence-corrected chi connectivity index (χ2v) is 4.98. The van der Waals surface area contributed by atoms with Gasteiger partial charge < -0.3 is 9.64 Å². The van der Waals surface area contributed by atoms with Crippen LogP contribution in [0.3, 0.4) is 0 Å². The highest BCUT2D eigenvalue weighted by molar-refractivity contribution is 6.15. The van der Waals surface area contributed by atoms with Gasteiger partial charge in [0.2, 0.25) is 5.91 Å². The summed E-state index contributed by atoms with van der Waals surface area (Å²) in [6, 6.07) is 15.1. The van der Waals surface area contributed by atoms with Crippen molar-refractivity contribution in [2.45, 2.75) is 13.5 Å². The molecule has 0 fully saturated rings. The molecule has 0 bridgehead atoms. The minimum absolute atomic E-state index is 0.0326. The molecule has 0 saturated carbocycles. The lowest BCUT2D eigenvalue weighted by Gasteiger charge is -2.14. The monoisotopic (exact) mass is 281 g/mol. The van der Waals surface area contributed by atoms with Crippen LogP contribution in [0.15, 0.2) is 48.5 Å². The molecule has 106 valence electrons. The standard InChI is InChI=1S/C17H15NO3/c1-12(19)18-10-17(20)15-8-7-14(9-16(15)18)21-11-13-5-3-2-4-6-13/h2-9H,10-11H2,1H3. The maximum Gasteiger partial charge on any atom is 0.224 e. The number of amides is 1. The highest BCUT2D eigenvalue weighted by Crippen LogP contribution is 2.32. The first-order valence-electron chi connectivity index (χ1n) is 6.77. The van der Waals surface area contributed by atoms with E-state index in [1.54, 1.807) is 18.2 Å². The Morgan fingerprint density at radius 2 is 1.95 bits per heavy atom. The zero-order valence-corrected chi connectivity index (χ0v) is 11.7. The first-order chi connectivity index (χ1) is 10.1. The maximum absolute atomic E-state index is 11.8. The zero-order chi connectivity index (χ0) is 14.8. The van der Waals surface area contributed by atoms with Crippen LogP contribution in [0.1, 0.15) is 22.8 Å². The first-order valence-corrected chi connectivity index (χ1v) is 6.77. The van der Waals surface area contributed by atoms with E-state index in [4.69, 9.17) is 4.74 Å². The normalized spacial score (nSPS) is 13.2. The van der Waals surface area contributed by atoms with E-state index >= 15 is 0 Å². The van der Waals surface area contributed by atoms with Crippen LogP contribution < -0.4 is 9.64 Å². The smallest absolute Gasteiger partial charge is 0.224 e. The van der Waals surface area contributed by atoms with Gasteiger partial charge in [0.25, 0.3) is 0 Å². The number of nitrogens with zero attached hydrogens (tertiary/aromatic N) is 1. The Labute approximate surface area is 123 Å². The summed E-state index contributed by atoms with van der Waals surface area (Å²) in [6.07, 6.45) is 0. The number of hydrogen-bond donors (Lipinski definition) is 0. The largest absolute Gasteiger partial charge is 0.489 e. The molecule has 3 rings (SSSR count). The van der Waals surface area contributed by atoms with E-state index in [1.165, 1.54) is 11.8 Å². The molecule has 2 aromatic carbocycles. The number of ether oxygens (including phenoxy) is 1. The van der Waals surface area contributed by atoms with E-state index in [0.29, 0.717) is 23.6 Å². The van der Waals surface area contributed by atoms with Gasteiger partial charge in [-0.2, -0.15) is 0 Å². The third-order valence-electron chi connectivity index (χ3n) is 3.49. The van der Waals surface area contributed by atoms with E-state index in [-0.39, 0.29) is 18.2 Å². The Hall–Kier alpha value is -2.62. The average molecular weight is 281 g/mol. The summed E-state index contributed by atoms with van der Waals surface area (Å²) in [4.78, 5) is 24.9. The number of fused-ring (bicyclic) bond motifs is 1. The summed E-state index contributed by atoms with van der Waals surface area (Å²) in [5.41, 5.74) is 2.29. The van der Waals surface area contributed by atoms with Crippen molar-refractivity contribution in [3.8, 4) is 5.75 Å². The summed E-state index contributed by atoms with van der Waals surface area (Å²) in [5.74, 6) is 0.482. The van der Waals surface area contributed by atoms with Gasteiger partial charge in [0, 0.05) is 18.6 Å². The van der Waals surface area contributed by atoms with E-state index in [9.17, 15) is 9.59 Å². The third-order valence-corrected chi connectivity index (χ3v) is 3.49. The van der Waals surface area contributed by atoms with Gasteiger partial charge in [-0.25, -0.2) is 0 Å². The minimum Gasteiger partial charge on any atom is -0.489 e. The van der Waals surface area contributed by atoms with Gasteiger partial charge in [-0.05, 0) is 17.7 Å². The number of rotatable bonds is 3. The molecule has 1 aliphatic rings. The van der Waals surface area contributed by atoms with Crippen LogP contribution in [0.25, 0.3) is 0 Å². The average Bonchev–Trinajstić information content (AvgIpc) is 2.83. The van der Waals surface area contributed by atoms with Crippen molar-refractivity contribution in [3.05, 3.63) is 59.7 Å². The lowest BCUT2D eigenvalue weighted by molar-refractivity contribution is -0.116. The SMILES string of the molecule is CC(=O)N1CC(=O)c2ccc(OCc3ccccc3)cc21. The molecule has 0 atom stereocenters. The molecule has 0 spiro atoms. The van der Waals surface area contributed by atoms with Crippen molar-refractivity contribution in [1.82, 2.24) is 0 Å². The number of hydrogen-bond acceptors (Lipinski definition) is 3. The molecule has 4 heteroatoms. The second kappa shape index (κ2) is 5.40. The molecule has 1 amide bonds. The van der Waals surface area contributed by atoms with Gasteiger partial charge in [0.15, 0.2) is 5.78 Å². The quantitative estimate of drug-likeness (QED) is 0.869. The maximum atomic E-state index is 11.8. The van der Waals surface area contributed by atoms with Crippen LogP contribution in [0.5, 0.6) is 5.75 Å². The van der Waals surface area contributed by atoms with Crippen LogP contribution in [-0.4, -0.2) is 18.2 Å². The van der Waals surface area contributed by atoms with Crippen LogP contribution in [0.4, 0.5) is 5.69 Å². The molecule has 1 aliphatic heterocycles. The van der Waals surface area contributed by atoms with Gasteiger partial charge in [-0.3, -0.25) is 9.59 Å². The second-order valence-electron chi connectivity index (χ2n) is 4.98. The van der Waals surface area contributed by atoms with Crippen LogP contribution >= 0.6 is 0 Å².